The maximum absolute atomic E-state index is 5.38. The topological polar surface area (TPSA) is 21.6 Å². The maximum Gasteiger partial charge on any atom is 0.142 e. The van der Waals surface area contributed by atoms with Crippen molar-refractivity contribution in [2.24, 2.45) is 5.16 Å². The Morgan fingerprint density at radius 3 is 1.65 bits per heavy atom. The van der Waals surface area contributed by atoms with Crippen LogP contribution >= 0.6 is 0 Å². The van der Waals surface area contributed by atoms with E-state index < -0.39 is 0 Å². The molecule has 0 saturated heterocycles. The molecule has 0 aliphatic carbocycles. The largest absolute Gasteiger partial charge is 0.391 e. The van der Waals surface area contributed by atoms with Crippen LogP contribution in [0, 0.1) is 34.6 Å². The molecule has 0 saturated carbocycles. The van der Waals surface area contributed by atoms with Crippen LogP contribution in [0.3, 0.4) is 0 Å². The lowest BCUT2D eigenvalue weighted by Crippen LogP contribution is -2.03. The van der Waals surface area contributed by atoms with Gasteiger partial charge in [0.25, 0.3) is 0 Å². The first-order valence-electron chi connectivity index (χ1n) is 6.05. The van der Waals surface area contributed by atoms with Gasteiger partial charge in [-0.3, -0.25) is 0 Å². The highest BCUT2D eigenvalue weighted by atomic mass is 16.6. The van der Waals surface area contributed by atoms with Gasteiger partial charge in [0, 0.05) is 0 Å². The summed E-state index contributed by atoms with van der Waals surface area (Å²) in [5.41, 5.74) is 8.99. The van der Waals surface area contributed by atoms with Crippen LogP contribution in [0.1, 0.15) is 47.2 Å². The quantitative estimate of drug-likeness (QED) is 0.568. The first-order chi connectivity index (χ1) is 7.86. The second kappa shape index (κ2) is 5.35. The molecule has 0 aliphatic heterocycles. The predicted molar refractivity (Wildman–Crippen MR) is 73.7 cm³/mol. The minimum absolute atomic E-state index is 0.560. The summed E-state index contributed by atoms with van der Waals surface area (Å²) in [7, 11) is 0. The smallest absolute Gasteiger partial charge is 0.142 e. The third-order valence-electron chi connectivity index (χ3n) is 3.61. The highest BCUT2D eigenvalue weighted by molar-refractivity contribution is 5.78. The third kappa shape index (κ3) is 2.87. The molecule has 0 aliphatic rings. The maximum atomic E-state index is 5.38. The molecule has 0 amide bonds. The fourth-order valence-electron chi connectivity index (χ4n) is 2.02. The number of benzene rings is 1. The van der Waals surface area contributed by atoms with E-state index in [9.17, 15) is 0 Å². The first-order valence-corrected chi connectivity index (χ1v) is 6.05. The SMILES string of the molecule is CC(C)=NOCc1c(C)c(C)c(C)c(C)c1C. The molecule has 1 rings (SSSR count). The first kappa shape index (κ1) is 13.8. The zero-order chi connectivity index (χ0) is 13.2. The van der Waals surface area contributed by atoms with Crippen molar-refractivity contribution in [3.8, 4) is 0 Å². The Balaban J connectivity index is 3.12. The van der Waals surface area contributed by atoms with E-state index in [4.69, 9.17) is 4.84 Å². The van der Waals surface area contributed by atoms with Gasteiger partial charge in [0.1, 0.15) is 6.61 Å². The summed E-state index contributed by atoms with van der Waals surface area (Å²) < 4.78 is 0. The van der Waals surface area contributed by atoms with Crippen LogP contribution in [-0.4, -0.2) is 5.71 Å². The number of oxime groups is 1. The summed E-state index contributed by atoms with van der Waals surface area (Å²) in [6, 6.07) is 0. The second-order valence-corrected chi connectivity index (χ2v) is 4.92. The summed E-state index contributed by atoms with van der Waals surface area (Å²) in [5.74, 6) is 0. The number of nitrogens with zero attached hydrogens (tertiary/aromatic N) is 1. The molecule has 0 atom stereocenters. The Morgan fingerprint density at radius 2 is 1.24 bits per heavy atom. The normalized spacial score (nSPS) is 10.3. The molecule has 2 nitrogen and oxygen atoms in total. The summed E-state index contributed by atoms with van der Waals surface area (Å²) >= 11 is 0. The minimum Gasteiger partial charge on any atom is -0.391 e. The van der Waals surface area contributed by atoms with Gasteiger partial charge in [-0.05, 0) is 81.8 Å². The van der Waals surface area contributed by atoms with Gasteiger partial charge in [0.15, 0.2) is 0 Å². The molecule has 0 aromatic heterocycles. The van der Waals surface area contributed by atoms with E-state index in [1.54, 1.807) is 0 Å². The van der Waals surface area contributed by atoms with Crippen LogP contribution in [-0.2, 0) is 11.4 Å². The Morgan fingerprint density at radius 1 is 0.824 bits per heavy atom. The molecule has 1 aromatic carbocycles. The number of hydrogen-bond donors (Lipinski definition) is 0. The molecule has 1 aromatic rings. The molecule has 0 radical (unpaired) electrons. The number of hydrogen-bond acceptors (Lipinski definition) is 2. The van der Waals surface area contributed by atoms with Crippen LogP contribution in [0.5, 0.6) is 0 Å². The van der Waals surface area contributed by atoms with Crippen LogP contribution in [0.15, 0.2) is 5.16 Å². The van der Waals surface area contributed by atoms with Gasteiger partial charge in [-0.15, -0.1) is 0 Å². The van der Waals surface area contributed by atoms with Crippen molar-refractivity contribution in [3.05, 3.63) is 33.4 Å². The van der Waals surface area contributed by atoms with Crippen LogP contribution in [0.2, 0.25) is 0 Å². The Bertz CT molecular complexity index is 425. The monoisotopic (exact) mass is 233 g/mol. The molecule has 0 spiro atoms. The van der Waals surface area contributed by atoms with Crippen molar-refractivity contribution in [1.29, 1.82) is 0 Å². The van der Waals surface area contributed by atoms with E-state index >= 15 is 0 Å². The molecule has 0 unspecified atom stereocenters. The van der Waals surface area contributed by atoms with Gasteiger partial charge >= 0.3 is 0 Å². The minimum atomic E-state index is 0.560. The van der Waals surface area contributed by atoms with E-state index in [0.29, 0.717) is 6.61 Å². The highest BCUT2D eigenvalue weighted by Crippen LogP contribution is 2.26. The summed E-state index contributed by atoms with van der Waals surface area (Å²) in [5, 5.41) is 4.00. The Hall–Kier alpha value is -1.31. The molecule has 17 heavy (non-hydrogen) atoms. The van der Waals surface area contributed by atoms with Gasteiger partial charge in [0.2, 0.25) is 0 Å². The van der Waals surface area contributed by atoms with Gasteiger partial charge in [0.05, 0.1) is 5.71 Å². The van der Waals surface area contributed by atoms with Crippen LogP contribution in [0.25, 0.3) is 0 Å². The lowest BCUT2D eigenvalue weighted by Gasteiger charge is -2.17. The lowest BCUT2D eigenvalue weighted by atomic mass is 9.90. The van der Waals surface area contributed by atoms with Crippen LogP contribution in [0.4, 0.5) is 0 Å². The van der Waals surface area contributed by atoms with Crippen molar-refractivity contribution < 1.29 is 4.84 Å². The van der Waals surface area contributed by atoms with Crippen molar-refractivity contribution in [3.63, 3.8) is 0 Å². The average molecular weight is 233 g/mol. The molecule has 0 heterocycles. The van der Waals surface area contributed by atoms with Crippen molar-refractivity contribution in [2.45, 2.75) is 55.1 Å². The number of rotatable bonds is 3. The molecule has 0 bridgehead atoms. The highest BCUT2D eigenvalue weighted by Gasteiger charge is 2.12. The average Bonchev–Trinajstić information content (AvgIpc) is 2.28. The van der Waals surface area contributed by atoms with Gasteiger partial charge in [-0.25, -0.2) is 0 Å². The van der Waals surface area contributed by atoms with Gasteiger partial charge in [-0.1, -0.05) is 5.16 Å². The van der Waals surface area contributed by atoms with Gasteiger partial charge in [-0.2, -0.15) is 0 Å². The van der Waals surface area contributed by atoms with E-state index in [1.165, 1.54) is 33.4 Å². The molecule has 0 N–H and O–H groups in total. The summed E-state index contributed by atoms with van der Waals surface area (Å²) in [6.07, 6.45) is 0. The molecule has 2 heteroatoms. The second-order valence-electron chi connectivity index (χ2n) is 4.92. The third-order valence-corrected chi connectivity index (χ3v) is 3.61. The summed E-state index contributed by atoms with van der Waals surface area (Å²) in [4.78, 5) is 5.38. The van der Waals surface area contributed by atoms with E-state index in [2.05, 4.69) is 39.8 Å². The van der Waals surface area contributed by atoms with Crippen LogP contribution < -0.4 is 0 Å². The van der Waals surface area contributed by atoms with Gasteiger partial charge < -0.3 is 4.84 Å². The Kier molecular flexibility index (Phi) is 4.33. The Labute approximate surface area is 105 Å². The zero-order valence-electron chi connectivity index (χ0n) is 12.1. The van der Waals surface area contributed by atoms with Crippen molar-refractivity contribution >= 4 is 5.71 Å². The van der Waals surface area contributed by atoms with E-state index in [1.807, 2.05) is 13.8 Å². The fourth-order valence-corrected chi connectivity index (χ4v) is 2.02. The fraction of sp³-hybridized carbons (Fsp3) is 0.533. The standard InChI is InChI=1S/C15H23NO/c1-9(2)16-17-8-15-13(6)11(4)10(3)12(5)14(15)7/h8H2,1-7H3. The molecular formula is C15H23NO. The molecular weight excluding hydrogens is 210 g/mol. The zero-order valence-corrected chi connectivity index (χ0v) is 12.1. The summed E-state index contributed by atoms with van der Waals surface area (Å²) in [6.45, 7) is 15.3. The predicted octanol–water partition coefficient (Wildman–Crippen LogP) is 4.14. The lowest BCUT2D eigenvalue weighted by molar-refractivity contribution is 0.129. The van der Waals surface area contributed by atoms with E-state index in [-0.39, 0.29) is 0 Å². The molecule has 0 fully saturated rings. The van der Waals surface area contributed by atoms with Crippen molar-refractivity contribution in [2.75, 3.05) is 0 Å². The van der Waals surface area contributed by atoms with Crippen molar-refractivity contribution in [1.82, 2.24) is 0 Å². The van der Waals surface area contributed by atoms with E-state index in [0.717, 1.165) is 5.71 Å². The molecule has 94 valence electrons.